The van der Waals surface area contributed by atoms with Crippen LogP contribution in [-0.4, -0.2) is 23.9 Å². The summed E-state index contributed by atoms with van der Waals surface area (Å²) in [5.74, 6) is -0.793. The predicted octanol–water partition coefficient (Wildman–Crippen LogP) is 0.958. The van der Waals surface area contributed by atoms with Crippen LogP contribution in [0.3, 0.4) is 0 Å². The van der Waals surface area contributed by atoms with Gasteiger partial charge in [0.25, 0.3) is 5.69 Å². The monoisotopic (exact) mass is 255 g/mol. The Morgan fingerprint density at radius 3 is 2.78 bits per heavy atom. The molecule has 1 aromatic rings. The molecule has 0 spiro atoms. The Morgan fingerprint density at radius 2 is 2.22 bits per heavy atom. The van der Waals surface area contributed by atoms with E-state index >= 15 is 0 Å². The Hall–Kier alpha value is -2.02. The van der Waals surface area contributed by atoms with E-state index in [1.807, 2.05) is 0 Å². The van der Waals surface area contributed by atoms with E-state index in [0.717, 1.165) is 18.2 Å². The van der Waals surface area contributed by atoms with Crippen molar-refractivity contribution < 1.29 is 14.1 Å². The molecule has 0 heterocycles. The van der Waals surface area contributed by atoms with Crippen LogP contribution in [0.5, 0.6) is 0 Å². The first-order valence-electron chi connectivity index (χ1n) is 5.33. The first-order valence-corrected chi connectivity index (χ1v) is 5.33. The van der Waals surface area contributed by atoms with Gasteiger partial charge in [0.1, 0.15) is 5.82 Å². The van der Waals surface area contributed by atoms with E-state index in [2.05, 4.69) is 10.6 Å². The molecule has 0 radical (unpaired) electrons. The van der Waals surface area contributed by atoms with Gasteiger partial charge in [-0.3, -0.25) is 14.9 Å². The van der Waals surface area contributed by atoms with Crippen molar-refractivity contribution in [2.24, 2.45) is 0 Å². The lowest BCUT2D eigenvalue weighted by atomic mass is 10.1. The van der Waals surface area contributed by atoms with Crippen LogP contribution < -0.4 is 10.6 Å². The van der Waals surface area contributed by atoms with Gasteiger partial charge in [0.15, 0.2) is 0 Å². The quantitative estimate of drug-likeness (QED) is 0.606. The van der Waals surface area contributed by atoms with Crippen LogP contribution >= 0.6 is 0 Å². The Labute approximate surface area is 103 Å². The average molecular weight is 255 g/mol. The van der Waals surface area contributed by atoms with Crippen LogP contribution in [0.1, 0.15) is 12.5 Å². The summed E-state index contributed by atoms with van der Waals surface area (Å²) < 4.78 is 13.0. The Morgan fingerprint density at radius 1 is 1.56 bits per heavy atom. The first-order chi connectivity index (χ1) is 8.45. The highest BCUT2D eigenvalue weighted by Crippen LogP contribution is 2.19. The molecular formula is C11H14FN3O3. The van der Waals surface area contributed by atoms with Crippen molar-refractivity contribution in [3.63, 3.8) is 0 Å². The van der Waals surface area contributed by atoms with Crippen LogP contribution in [0.4, 0.5) is 10.1 Å². The molecule has 7 heteroatoms. The molecule has 18 heavy (non-hydrogen) atoms. The maximum Gasteiger partial charge on any atom is 0.274 e. The SMILES string of the molecule is CNC(=O)C(C)NCc1cc(F)ccc1[N+](=O)[O-]. The van der Waals surface area contributed by atoms with Crippen molar-refractivity contribution >= 4 is 11.6 Å². The summed E-state index contributed by atoms with van der Waals surface area (Å²) in [6.07, 6.45) is 0. The second kappa shape index (κ2) is 6.06. The zero-order chi connectivity index (χ0) is 13.7. The second-order valence-corrected chi connectivity index (χ2v) is 3.75. The van der Waals surface area contributed by atoms with Crippen LogP contribution in [0.15, 0.2) is 18.2 Å². The predicted molar refractivity (Wildman–Crippen MR) is 63.4 cm³/mol. The maximum atomic E-state index is 13.0. The third-order valence-corrected chi connectivity index (χ3v) is 2.48. The summed E-state index contributed by atoms with van der Waals surface area (Å²) in [7, 11) is 1.49. The zero-order valence-electron chi connectivity index (χ0n) is 10.1. The minimum atomic E-state index is -0.582. The summed E-state index contributed by atoms with van der Waals surface area (Å²) in [6.45, 7) is 1.66. The van der Waals surface area contributed by atoms with Crippen molar-refractivity contribution in [2.75, 3.05) is 7.05 Å². The molecule has 0 fully saturated rings. The number of nitro groups is 1. The number of nitro benzene ring substituents is 1. The van der Waals surface area contributed by atoms with Crippen LogP contribution in [0, 0.1) is 15.9 Å². The third-order valence-electron chi connectivity index (χ3n) is 2.48. The number of halogens is 1. The lowest BCUT2D eigenvalue weighted by Gasteiger charge is -2.12. The van der Waals surface area contributed by atoms with Gasteiger partial charge in [-0.25, -0.2) is 4.39 Å². The van der Waals surface area contributed by atoms with Crippen molar-refractivity contribution in [3.8, 4) is 0 Å². The Kier molecular flexibility index (Phi) is 4.73. The van der Waals surface area contributed by atoms with Crippen molar-refractivity contribution in [1.82, 2.24) is 10.6 Å². The Balaban J connectivity index is 2.80. The van der Waals surface area contributed by atoms with Crippen LogP contribution in [0.25, 0.3) is 0 Å². The molecule has 1 rings (SSSR count). The molecule has 1 atom stereocenters. The number of nitrogens with one attached hydrogen (secondary N) is 2. The second-order valence-electron chi connectivity index (χ2n) is 3.75. The maximum absolute atomic E-state index is 13.0. The summed E-state index contributed by atoms with van der Waals surface area (Å²) in [4.78, 5) is 21.4. The van der Waals surface area contributed by atoms with E-state index in [0.29, 0.717) is 0 Å². The van der Waals surface area contributed by atoms with Crippen LogP contribution in [0.2, 0.25) is 0 Å². The molecule has 1 unspecified atom stereocenters. The van der Waals surface area contributed by atoms with Crippen molar-refractivity contribution in [1.29, 1.82) is 0 Å². The number of hydrogen-bond acceptors (Lipinski definition) is 4. The minimum Gasteiger partial charge on any atom is -0.358 e. The molecule has 1 amide bonds. The van der Waals surface area contributed by atoms with Gasteiger partial charge in [0.05, 0.1) is 11.0 Å². The van der Waals surface area contributed by atoms with Crippen molar-refractivity contribution in [2.45, 2.75) is 19.5 Å². The number of nitrogens with zero attached hydrogens (tertiary/aromatic N) is 1. The third kappa shape index (κ3) is 3.49. The molecule has 0 saturated heterocycles. The number of carbonyl (C=O) groups excluding carboxylic acids is 1. The van der Waals surface area contributed by atoms with Gasteiger partial charge in [-0.05, 0) is 19.1 Å². The normalized spacial score (nSPS) is 11.9. The number of benzene rings is 1. The fourth-order valence-corrected chi connectivity index (χ4v) is 1.45. The summed E-state index contributed by atoms with van der Waals surface area (Å²) in [5, 5.41) is 16.0. The van der Waals surface area contributed by atoms with E-state index in [-0.39, 0.29) is 23.7 Å². The molecule has 98 valence electrons. The number of amides is 1. The van der Waals surface area contributed by atoms with E-state index in [9.17, 15) is 19.3 Å². The van der Waals surface area contributed by atoms with Crippen molar-refractivity contribution in [3.05, 3.63) is 39.7 Å². The highest BCUT2D eigenvalue weighted by molar-refractivity contribution is 5.80. The van der Waals surface area contributed by atoms with Crippen LogP contribution in [-0.2, 0) is 11.3 Å². The summed E-state index contributed by atoms with van der Waals surface area (Å²) in [6, 6.07) is 2.71. The first kappa shape index (κ1) is 14.0. The smallest absolute Gasteiger partial charge is 0.274 e. The van der Waals surface area contributed by atoms with Gasteiger partial charge in [0, 0.05) is 25.2 Å². The molecule has 0 bridgehead atoms. The minimum absolute atomic E-state index is 0.0443. The molecule has 6 nitrogen and oxygen atoms in total. The van der Waals surface area contributed by atoms with Gasteiger partial charge >= 0.3 is 0 Å². The highest BCUT2D eigenvalue weighted by Gasteiger charge is 2.16. The van der Waals surface area contributed by atoms with Gasteiger partial charge in [-0.2, -0.15) is 0 Å². The largest absolute Gasteiger partial charge is 0.358 e. The fraction of sp³-hybridized carbons (Fsp3) is 0.364. The molecule has 1 aromatic carbocycles. The average Bonchev–Trinajstić information content (AvgIpc) is 2.34. The lowest BCUT2D eigenvalue weighted by molar-refractivity contribution is -0.385. The van der Waals surface area contributed by atoms with Gasteiger partial charge < -0.3 is 10.6 Å². The number of hydrogen-bond donors (Lipinski definition) is 2. The van der Waals surface area contributed by atoms with Gasteiger partial charge in [-0.15, -0.1) is 0 Å². The fourth-order valence-electron chi connectivity index (χ4n) is 1.45. The van der Waals surface area contributed by atoms with E-state index < -0.39 is 16.8 Å². The molecule has 0 saturated carbocycles. The lowest BCUT2D eigenvalue weighted by Crippen LogP contribution is -2.40. The van der Waals surface area contributed by atoms with Gasteiger partial charge in [-0.1, -0.05) is 0 Å². The molecule has 0 aliphatic heterocycles. The molecule has 2 N–H and O–H groups in total. The number of likely N-dealkylation sites (N-methyl/N-ethyl adjacent to an activating group) is 1. The number of rotatable bonds is 5. The van der Waals surface area contributed by atoms with Gasteiger partial charge in [0.2, 0.25) is 5.91 Å². The summed E-state index contributed by atoms with van der Waals surface area (Å²) >= 11 is 0. The topological polar surface area (TPSA) is 84.3 Å². The van der Waals surface area contributed by atoms with E-state index in [4.69, 9.17) is 0 Å². The highest BCUT2D eigenvalue weighted by atomic mass is 19.1. The summed E-state index contributed by atoms with van der Waals surface area (Å²) in [5.41, 5.74) is 0.0313. The number of carbonyl (C=O) groups is 1. The van der Waals surface area contributed by atoms with E-state index in [1.165, 1.54) is 7.05 Å². The molecular weight excluding hydrogens is 241 g/mol. The molecule has 0 aliphatic carbocycles. The Bertz CT molecular complexity index is 465. The molecule has 0 aliphatic rings. The zero-order valence-corrected chi connectivity index (χ0v) is 10.1. The van der Waals surface area contributed by atoms with E-state index in [1.54, 1.807) is 6.92 Å². The standard InChI is InChI=1S/C11H14FN3O3/c1-7(11(16)13-2)14-6-8-5-9(12)3-4-10(8)15(17)18/h3-5,7,14H,6H2,1-2H3,(H,13,16). The molecule has 0 aromatic heterocycles.